The largest absolute Gasteiger partial charge is 0.325 e. The lowest BCUT2D eigenvalue weighted by molar-refractivity contribution is 0.619. The summed E-state index contributed by atoms with van der Waals surface area (Å²) in [6.45, 7) is 4.31. The molecular formula is C13H15FN2S. The van der Waals surface area contributed by atoms with Gasteiger partial charge in [-0.25, -0.2) is 9.37 Å². The lowest BCUT2D eigenvalue weighted by Crippen LogP contribution is -1.94. The second-order valence-electron chi connectivity index (χ2n) is 3.90. The Bertz CT molecular complexity index is 534. The molecule has 4 heteroatoms. The number of rotatable bonds is 3. The van der Waals surface area contributed by atoms with E-state index in [9.17, 15) is 4.39 Å². The molecule has 17 heavy (non-hydrogen) atoms. The Hall–Kier alpha value is -1.26. The molecule has 90 valence electrons. The highest BCUT2D eigenvalue weighted by molar-refractivity contribution is 7.12. The van der Waals surface area contributed by atoms with Crippen LogP contribution in [0.3, 0.4) is 0 Å². The van der Waals surface area contributed by atoms with Gasteiger partial charge in [0, 0.05) is 17.0 Å². The summed E-state index contributed by atoms with van der Waals surface area (Å²) in [5.41, 5.74) is 8.17. The van der Waals surface area contributed by atoms with E-state index in [-0.39, 0.29) is 5.82 Å². The van der Waals surface area contributed by atoms with Crippen LogP contribution < -0.4 is 5.73 Å². The van der Waals surface area contributed by atoms with Crippen LogP contribution in [0.2, 0.25) is 0 Å². The first-order valence-electron chi connectivity index (χ1n) is 5.60. The zero-order valence-corrected chi connectivity index (χ0v) is 10.8. The average Bonchev–Trinajstić information content (AvgIpc) is 2.76. The van der Waals surface area contributed by atoms with Gasteiger partial charge in [-0.15, -0.1) is 11.3 Å². The van der Waals surface area contributed by atoms with Crippen LogP contribution in [0, 0.1) is 12.7 Å². The molecule has 0 aliphatic heterocycles. The average molecular weight is 250 g/mol. The maximum absolute atomic E-state index is 13.2. The van der Waals surface area contributed by atoms with Gasteiger partial charge in [0.25, 0.3) is 0 Å². The minimum absolute atomic E-state index is 0.180. The first-order valence-corrected chi connectivity index (χ1v) is 6.42. The number of thiazole rings is 1. The second kappa shape index (κ2) is 4.94. The van der Waals surface area contributed by atoms with E-state index < -0.39 is 0 Å². The third-order valence-corrected chi connectivity index (χ3v) is 3.89. The van der Waals surface area contributed by atoms with E-state index in [0.717, 1.165) is 22.7 Å². The summed E-state index contributed by atoms with van der Waals surface area (Å²) in [6.07, 6.45) is 0.920. The summed E-state index contributed by atoms with van der Waals surface area (Å²) in [6, 6.07) is 5.10. The topological polar surface area (TPSA) is 38.9 Å². The highest BCUT2D eigenvalue weighted by atomic mass is 32.1. The fraction of sp³-hybridized carbons (Fsp3) is 0.308. The van der Waals surface area contributed by atoms with Crippen molar-refractivity contribution in [3.63, 3.8) is 0 Å². The standard InChI is InChI=1S/C13H15FN2S/c1-3-11-13(16-12(7-15)17-11)9-4-5-10(14)8(2)6-9/h4-6H,3,7,15H2,1-2H3. The Labute approximate surface area is 104 Å². The van der Waals surface area contributed by atoms with Crippen molar-refractivity contribution in [2.75, 3.05) is 0 Å². The van der Waals surface area contributed by atoms with Gasteiger partial charge in [-0.2, -0.15) is 0 Å². The minimum Gasteiger partial charge on any atom is -0.325 e. The minimum atomic E-state index is -0.180. The van der Waals surface area contributed by atoms with Crippen molar-refractivity contribution >= 4 is 11.3 Å². The molecule has 0 fully saturated rings. The molecule has 0 aliphatic rings. The molecule has 0 saturated carbocycles. The smallest absolute Gasteiger partial charge is 0.126 e. The molecule has 0 atom stereocenters. The van der Waals surface area contributed by atoms with Crippen molar-refractivity contribution in [2.24, 2.45) is 5.73 Å². The van der Waals surface area contributed by atoms with Crippen molar-refractivity contribution in [1.82, 2.24) is 4.98 Å². The van der Waals surface area contributed by atoms with Gasteiger partial charge in [0.15, 0.2) is 0 Å². The number of nitrogens with zero attached hydrogens (tertiary/aromatic N) is 1. The molecule has 0 aliphatic carbocycles. The Morgan fingerprint density at radius 3 is 2.76 bits per heavy atom. The molecule has 0 bridgehead atoms. The van der Waals surface area contributed by atoms with Crippen molar-refractivity contribution in [3.05, 3.63) is 39.5 Å². The number of hydrogen-bond donors (Lipinski definition) is 1. The molecule has 2 rings (SSSR count). The monoisotopic (exact) mass is 250 g/mol. The quantitative estimate of drug-likeness (QED) is 0.908. The summed E-state index contributed by atoms with van der Waals surface area (Å²) >= 11 is 1.63. The maximum atomic E-state index is 13.2. The van der Waals surface area contributed by atoms with Gasteiger partial charge < -0.3 is 5.73 Å². The van der Waals surface area contributed by atoms with Crippen LogP contribution >= 0.6 is 11.3 Å². The van der Waals surface area contributed by atoms with E-state index in [1.807, 2.05) is 6.07 Å². The SMILES string of the molecule is CCc1sc(CN)nc1-c1ccc(F)c(C)c1. The summed E-state index contributed by atoms with van der Waals surface area (Å²) in [5.74, 6) is -0.180. The summed E-state index contributed by atoms with van der Waals surface area (Å²) in [7, 11) is 0. The lowest BCUT2D eigenvalue weighted by Gasteiger charge is -2.02. The van der Waals surface area contributed by atoms with E-state index in [4.69, 9.17) is 5.73 Å². The summed E-state index contributed by atoms with van der Waals surface area (Å²) in [5, 5.41) is 0.929. The van der Waals surface area contributed by atoms with Crippen LogP contribution in [0.1, 0.15) is 22.4 Å². The molecular weight excluding hydrogens is 235 g/mol. The molecule has 1 aromatic heterocycles. The van der Waals surface area contributed by atoms with Gasteiger partial charge in [-0.05, 0) is 37.1 Å². The second-order valence-corrected chi connectivity index (χ2v) is 5.07. The van der Waals surface area contributed by atoms with Crippen LogP contribution in [0.4, 0.5) is 4.39 Å². The summed E-state index contributed by atoms with van der Waals surface area (Å²) in [4.78, 5) is 5.72. The van der Waals surface area contributed by atoms with E-state index in [1.54, 1.807) is 24.3 Å². The Balaban J connectivity index is 2.51. The number of nitrogens with two attached hydrogens (primary N) is 1. The van der Waals surface area contributed by atoms with Crippen molar-refractivity contribution < 1.29 is 4.39 Å². The van der Waals surface area contributed by atoms with Crippen LogP contribution in [-0.4, -0.2) is 4.98 Å². The predicted octanol–water partition coefficient (Wildman–Crippen LogP) is 3.28. The lowest BCUT2D eigenvalue weighted by atomic mass is 10.1. The molecule has 0 unspecified atom stereocenters. The fourth-order valence-electron chi connectivity index (χ4n) is 1.74. The molecule has 2 nitrogen and oxygen atoms in total. The van der Waals surface area contributed by atoms with E-state index in [1.165, 1.54) is 10.9 Å². The van der Waals surface area contributed by atoms with E-state index in [0.29, 0.717) is 12.1 Å². The third-order valence-electron chi connectivity index (χ3n) is 2.67. The Kier molecular flexibility index (Phi) is 3.54. The van der Waals surface area contributed by atoms with Gasteiger partial charge in [0.1, 0.15) is 10.8 Å². The molecule has 0 saturated heterocycles. The Morgan fingerprint density at radius 2 is 2.18 bits per heavy atom. The molecule has 2 aromatic rings. The normalized spacial score (nSPS) is 10.8. The molecule has 1 heterocycles. The van der Waals surface area contributed by atoms with Gasteiger partial charge in [-0.1, -0.05) is 6.92 Å². The van der Waals surface area contributed by atoms with Gasteiger partial charge in [0.2, 0.25) is 0 Å². The molecule has 0 amide bonds. The van der Waals surface area contributed by atoms with E-state index in [2.05, 4.69) is 11.9 Å². The fourth-order valence-corrected chi connectivity index (χ4v) is 2.65. The molecule has 1 aromatic carbocycles. The van der Waals surface area contributed by atoms with Gasteiger partial charge >= 0.3 is 0 Å². The Morgan fingerprint density at radius 1 is 1.41 bits per heavy atom. The van der Waals surface area contributed by atoms with Crippen LogP contribution in [0.15, 0.2) is 18.2 Å². The zero-order valence-electron chi connectivity index (χ0n) is 9.96. The maximum Gasteiger partial charge on any atom is 0.126 e. The molecule has 2 N–H and O–H groups in total. The molecule has 0 radical (unpaired) electrons. The van der Waals surface area contributed by atoms with Crippen LogP contribution in [0.5, 0.6) is 0 Å². The predicted molar refractivity (Wildman–Crippen MR) is 69.5 cm³/mol. The first-order chi connectivity index (χ1) is 8.15. The highest BCUT2D eigenvalue weighted by Crippen LogP contribution is 2.29. The summed E-state index contributed by atoms with van der Waals surface area (Å²) < 4.78 is 13.2. The van der Waals surface area contributed by atoms with Gasteiger partial charge in [0.05, 0.1) is 5.69 Å². The van der Waals surface area contributed by atoms with Crippen molar-refractivity contribution in [3.8, 4) is 11.3 Å². The first kappa shape index (κ1) is 12.2. The van der Waals surface area contributed by atoms with Crippen molar-refractivity contribution in [1.29, 1.82) is 0 Å². The van der Waals surface area contributed by atoms with Crippen LogP contribution in [0.25, 0.3) is 11.3 Å². The van der Waals surface area contributed by atoms with Gasteiger partial charge in [-0.3, -0.25) is 0 Å². The third kappa shape index (κ3) is 2.37. The number of aryl methyl sites for hydroxylation is 2. The number of hydrogen-bond acceptors (Lipinski definition) is 3. The number of aromatic nitrogens is 1. The number of benzene rings is 1. The van der Waals surface area contributed by atoms with E-state index >= 15 is 0 Å². The van der Waals surface area contributed by atoms with Crippen molar-refractivity contribution in [2.45, 2.75) is 26.8 Å². The molecule has 0 spiro atoms. The highest BCUT2D eigenvalue weighted by Gasteiger charge is 2.11. The van der Waals surface area contributed by atoms with Crippen LogP contribution in [-0.2, 0) is 13.0 Å². The number of halogens is 1. The zero-order chi connectivity index (χ0) is 12.4.